The van der Waals surface area contributed by atoms with Gasteiger partial charge < -0.3 is 5.32 Å². The maximum absolute atomic E-state index is 12.1. The number of anilines is 1. The van der Waals surface area contributed by atoms with Crippen molar-refractivity contribution >= 4 is 53.7 Å². The van der Waals surface area contributed by atoms with E-state index in [1.54, 1.807) is 27.3 Å². The van der Waals surface area contributed by atoms with Gasteiger partial charge in [0, 0.05) is 40.2 Å². The summed E-state index contributed by atoms with van der Waals surface area (Å²) >= 11 is 8.07. The molecule has 1 N–H and O–H groups in total. The summed E-state index contributed by atoms with van der Waals surface area (Å²) in [4.78, 5) is 16.1. The molecule has 2 fully saturated rings. The van der Waals surface area contributed by atoms with Gasteiger partial charge in [0.25, 0.3) is 0 Å². The van der Waals surface area contributed by atoms with Gasteiger partial charge in [0.1, 0.15) is 11.0 Å². The van der Waals surface area contributed by atoms with Crippen LogP contribution in [0.1, 0.15) is 0 Å². The molecule has 1 aromatic rings. The monoisotopic (exact) mass is 395 g/mol. The lowest BCUT2D eigenvalue weighted by Crippen LogP contribution is -2.23. The molecule has 0 radical (unpaired) electrons. The number of nitrogens with zero attached hydrogens (tertiary/aromatic N) is 2. The number of rotatable bonds is 3. The number of piperidine rings is 1. The highest BCUT2D eigenvalue weighted by atomic mass is 127. The van der Waals surface area contributed by atoms with Crippen LogP contribution in [0.2, 0.25) is 5.15 Å². The number of halogens is 2. The van der Waals surface area contributed by atoms with Gasteiger partial charge in [-0.1, -0.05) is 17.7 Å². The van der Waals surface area contributed by atoms with Crippen LogP contribution in [0.25, 0.3) is 0 Å². The largest absolute Gasteiger partial charge is 0.310 e. The van der Waals surface area contributed by atoms with Crippen molar-refractivity contribution in [2.75, 3.05) is 18.4 Å². The van der Waals surface area contributed by atoms with E-state index in [2.05, 4.69) is 35.8 Å². The van der Waals surface area contributed by atoms with E-state index in [4.69, 9.17) is 11.6 Å². The standard InChI is InChI=1S/C11H11ClIN3OS/c12-8-2-1-3-9(14-8)15-11(17)10-6-4-16(18-13)5-7(6)10/h1-3,6-7,10H,4-5H2,(H,14,15,17). The maximum Gasteiger partial charge on any atom is 0.229 e. The minimum atomic E-state index is 0.0814. The molecule has 7 heteroatoms. The van der Waals surface area contributed by atoms with Crippen LogP contribution in [0.3, 0.4) is 0 Å². The van der Waals surface area contributed by atoms with Crippen molar-refractivity contribution in [2.24, 2.45) is 17.8 Å². The van der Waals surface area contributed by atoms with E-state index >= 15 is 0 Å². The Morgan fingerprint density at radius 3 is 2.83 bits per heavy atom. The van der Waals surface area contributed by atoms with Gasteiger partial charge in [0.05, 0.1) is 0 Å². The second-order valence-electron chi connectivity index (χ2n) is 4.60. The van der Waals surface area contributed by atoms with Gasteiger partial charge in [-0.2, -0.15) is 0 Å². The molecule has 1 aliphatic heterocycles. The summed E-state index contributed by atoms with van der Waals surface area (Å²) in [6.07, 6.45) is 0. The van der Waals surface area contributed by atoms with Gasteiger partial charge in [-0.3, -0.25) is 4.79 Å². The zero-order chi connectivity index (χ0) is 12.7. The highest BCUT2D eigenvalue weighted by molar-refractivity contribution is 14.2. The first kappa shape index (κ1) is 13.0. The topological polar surface area (TPSA) is 45.2 Å². The smallest absolute Gasteiger partial charge is 0.229 e. The van der Waals surface area contributed by atoms with Crippen LogP contribution in [0.5, 0.6) is 0 Å². The molecule has 2 heterocycles. The first-order valence-electron chi connectivity index (χ1n) is 5.66. The number of aromatic nitrogens is 1. The summed E-state index contributed by atoms with van der Waals surface area (Å²) in [6.45, 7) is 2.03. The van der Waals surface area contributed by atoms with Gasteiger partial charge >= 0.3 is 0 Å². The lowest BCUT2D eigenvalue weighted by atomic mass is 10.2. The quantitative estimate of drug-likeness (QED) is 0.486. The third-order valence-corrected chi connectivity index (χ3v) is 5.90. The highest BCUT2D eigenvalue weighted by Gasteiger charge is 2.59. The molecule has 1 saturated heterocycles. The SMILES string of the molecule is O=C(Nc1cccc(Cl)n1)C1C2CN(SI)CC21. The first-order valence-corrected chi connectivity index (χ1v) is 9.35. The van der Waals surface area contributed by atoms with Crippen LogP contribution in [-0.4, -0.2) is 28.3 Å². The minimum absolute atomic E-state index is 0.0814. The van der Waals surface area contributed by atoms with Crippen LogP contribution in [0, 0.1) is 17.8 Å². The van der Waals surface area contributed by atoms with Gasteiger partial charge in [0.15, 0.2) is 0 Å². The van der Waals surface area contributed by atoms with E-state index in [0.717, 1.165) is 13.1 Å². The van der Waals surface area contributed by atoms with Crippen LogP contribution < -0.4 is 5.32 Å². The predicted octanol–water partition coefficient (Wildman–Crippen LogP) is 2.85. The fraction of sp³-hybridized carbons (Fsp3) is 0.455. The number of amides is 1. The van der Waals surface area contributed by atoms with E-state index in [9.17, 15) is 4.79 Å². The molecular weight excluding hydrogens is 385 g/mol. The first-order chi connectivity index (χ1) is 8.69. The van der Waals surface area contributed by atoms with Crippen molar-refractivity contribution in [3.8, 4) is 0 Å². The summed E-state index contributed by atoms with van der Waals surface area (Å²) < 4.78 is 2.30. The van der Waals surface area contributed by atoms with E-state index in [1.807, 2.05) is 0 Å². The van der Waals surface area contributed by atoms with Gasteiger partial charge in [-0.25, -0.2) is 9.29 Å². The van der Waals surface area contributed by atoms with Crippen molar-refractivity contribution in [3.63, 3.8) is 0 Å². The van der Waals surface area contributed by atoms with Crippen molar-refractivity contribution in [1.29, 1.82) is 0 Å². The molecule has 1 saturated carbocycles. The highest BCUT2D eigenvalue weighted by Crippen LogP contribution is 2.54. The van der Waals surface area contributed by atoms with Gasteiger partial charge in [-0.15, -0.1) is 0 Å². The Morgan fingerprint density at radius 2 is 2.22 bits per heavy atom. The second kappa shape index (κ2) is 5.15. The molecule has 96 valence electrons. The lowest BCUT2D eigenvalue weighted by Gasteiger charge is -2.14. The van der Waals surface area contributed by atoms with E-state index in [-0.39, 0.29) is 11.8 Å². The summed E-state index contributed by atoms with van der Waals surface area (Å²) in [5.41, 5.74) is 0. The number of nitrogens with one attached hydrogen (secondary N) is 1. The maximum atomic E-state index is 12.1. The Morgan fingerprint density at radius 1 is 1.50 bits per heavy atom. The summed E-state index contributed by atoms with van der Waals surface area (Å²) in [5, 5.41) is 3.24. The Bertz CT molecular complexity index is 477. The molecule has 1 aromatic heterocycles. The van der Waals surface area contributed by atoms with E-state index < -0.39 is 0 Å². The van der Waals surface area contributed by atoms with Crippen molar-refractivity contribution < 1.29 is 4.79 Å². The number of carbonyl (C=O) groups is 1. The Labute approximate surface area is 127 Å². The van der Waals surface area contributed by atoms with E-state index in [1.165, 1.54) is 0 Å². The Kier molecular flexibility index (Phi) is 3.70. The molecule has 0 spiro atoms. The van der Waals surface area contributed by atoms with Crippen molar-refractivity contribution in [1.82, 2.24) is 9.29 Å². The zero-order valence-electron chi connectivity index (χ0n) is 9.35. The number of hydrogen-bond acceptors (Lipinski definition) is 4. The molecule has 2 unspecified atom stereocenters. The minimum Gasteiger partial charge on any atom is -0.310 e. The van der Waals surface area contributed by atoms with Crippen LogP contribution in [0.4, 0.5) is 5.82 Å². The summed E-state index contributed by atoms with van der Waals surface area (Å²) in [5.74, 6) is 1.82. The normalized spacial score (nSPS) is 30.0. The number of carbonyl (C=O) groups excluding carboxylic acids is 1. The average molecular weight is 396 g/mol. The summed E-state index contributed by atoms with van der Waals surface area (Å²) in [6, 6.07) is 5.24. The van der Waals surface area contributed by atoms with Crippen LogP contribution in [0.15, 0.2) is 18.2 Å². The fourth-order valence-electron chi connectivity index (χ4n) is 2.62. The predicted molar refractivity (Wildman–Crippen MR) is 81.5 cm³/mol. The lowest BCUT2D eigenvalue weighted by molar-refractivity contribution is -0.118. The fourth-order valence-corrected chi connectivity index (χ4v) is 4.21. The molecule has 2 aliphatic rings. The molecule has 4 nitrogen and oxygen atoms in total. The molecule has 0 bridgehead atoms. The molecule has 2 atom stereocenters. The number of fused-ring (bicyclic) bond motifs is 1. The van der Waals surface area contributed by atoms with Gasteiger partial charge in [-0.05, 0) is 33.1 Å². The molecule has 3 rings (SSSR count). The zero-order valence-corrected chi connectivity index (χ0v) is 13.1. The van der Waals surface area contributed by atoms with Gasteiger partial charge in [0.2, 0.25) is 5.91 Å². The molecular formula is C11H11ClIN3OS. The molecule has 18 heavy (non-hydrogen) atoms. The molecule has 1 amide bonds. The third-order valence-electron chi connectivity index (χ3n) is 3.53. The Hall–Kier alpha value is -0.0500. The van der Waals surface area contributed by atoms with Crippen molar-refractivity contribution in [2.45, 2.75) is 0 Å². The van der Waals surface area contributed by atoms with E-state index in [0.29, 0.717) is 22.8 Å². The number of pyridine rings is 1. The average Bonchev–Trinajstić information content (AvgIpc) is 2.85. The second-order valence-corrected chi connectivity index (χ2v) is 6.83. The number of hydrogen-bond donors (Lipinski definition) is 1. The third kappa shape index (κ3) is 2.48. The van der Waals surface area contributed by atoms with Crippen LogP contribution >= 0.6 is 41.9 Å². The summed E-state index contributed by atoms with van der Waals surface area (Å²) in [7, 11) is 1.73. The van der Waals surface area contributed by atoms with Crippen LogP contribution in [-0.2, 0) is 4.79 Å². The Balaban J connectivity index is 1.59. The molecule has 0 aromatic carbocycles. The van der Waals surface area contributed by atoms with Crippen molar-refractivity contribution in [3.05, 3.63) is 23.4 Å². The molecule has 1 aliphatic carbocycles.